The van der Waals surface area contributed by atoms with E-state index in [2.05, 4.69) is 34.1 Å². The largest absolute Gasteiger partial charge is 0.497 e. The number of benzene rings is 2. The highest BCUT2D eigenvalue weighted by Gasteiger charge is 2.27. The van der Waals surface area contributed by atoms with Gasteiger partial charge in [0.1, 0.15) is 17.2 Å². The number of nitrogens with zero attached hydrogens (tertiary/aromatic N) is 2. The average Bonchev–Trinajstić information content (AvgIpc) is 2.76. The zero-order chi connectivity index (χ0) is 20.6. The van der Waals surface area contributed by atoms with E-state index in [1.807, 2.05) is 18.2 Å². The number of hydrogen-bond donors (Lipinski definition) is 1. The molecule has 0 bridgehead atoms. The first-order chi connectivity index (χ1) is 14.1. The SMILES string of the molecule is COc1ccc(CN2CCN(Cc3cc(OC)cc(OC)c3)[C@H](CCO)C2)cc1. The third kappa shape index (κ3) is 5.85. The predicted molar refractivity (Wildman–Crippen MR) is 114 cm³/mol. The first kappa shape index (κ1) is 21.4. The van der Waals surface area contributed by atoms with E-state index in [0.717, 1.165) is 62.0 Å². The van der Waals surface area contributed by atoms with E-state index in [1.165, 1.54) is 5.56 Å². The molecule has 0 aromatic heterocycles. The van der Waals surface area contributed by atoms with Crippen molar-refractivity contribution in [3.63, 3.8) is 0 Å². The van der Waals surface area contributed by atoms with E-state index in [4.69, 9.17) is 14.2 Å². The fourth-order valence-corrected chi connectivity index (χ4v) is 3.91. The summed E-state index contributed by atoms with van der Waals surface area (Å²) in [5.41, 5.74) is 2.44. The summed E-state index contributed by atoms with van der Waals surface area (Å²) in [6.45, 7) is 4.81. The van der Waals surface area contributed by atoms with Crippen molar-refractivity contribution in [1.29, 1.82) is 0 Å². The maximum absolute atomic E-state index is 9.60. The van der Waals surface area contributed by atoms with E-state index < -0.39 is 0 Å². The van der Waals surface area contributed by atoms with Gasteiger partial charge in [0, 0.05) is 51.4 Å². The van der Waals surface area contributed by atoms with Crippen LogP contribution in [-0.2, 0) is 13.1 Å². The summed E-state index contributed by atoms with van der Waals surface area (Å²) in [5.74, 6) is 2.48. The molecular formula is C23H32N2O4. The average molecular weight is 401 g/mol. The van der Waals surface area contributed by atoms with Crippen LogP contribution in [0.2, 0.25) is 0 Å². The molecule has 1 aliphatic rings. The molecule has 1 aliphatic heterocycles. The molecule has 2 aromatic rings. The highest BCUT2D eigenvalue weighted by molar-refractivity contribution is 5.38. The molecule has 1 N–H and O–H groups in total. The number of ether oxygens (including phenoxy) is 3. The van der Waals surface area contributed by atoms with Crippen LogP contribution < -0.4 is 14.2 Å². The van der Waals surface area contributed by atoms with Crippen LogP contribution in [0.1, 0.15) is 17.5 Å². The number of hydrogen-bond acceptors (Lipinski definition) is 6. The first-order valence-electron chi connectivity index (χ1n) is 10.1. The summed E-state index contributed by atoms with van der Waals surface area (Å²) in [6, 6.07) is 14.6. The lowest BCUT2D eigenvalue weighted by Gasteiger charge is -2.41. The molecule has 158 valence electrons. The van der Waals surface area contributed by atoms with Gasteiger partial charge in [-0.1, -0.05) is 12.1 Å². The van der Waals surface area contributed by atoms with Crippen molar-refractivity contribution in [2.24, 2.45) is 0 Å². The lowest BCUT2D eigenvalue weighted by molar-refractivity contribution is 0.0499. The van der Waals surface area contributed by atoms with E-state index in [0.29, 0.717) is 6.04 Å². The summed E-state index contributed by atoms with van der Waals surface area (Å²) in [7, 11) is 5.03. The third-order valence-corrected chi connectivity index (χ3v) is 5.51. The summed E-state index contributed by atoms with van der Waals surface area (Å²) in [5, 5.41) is 9.60. The molecular weight excluding hydrogens is 368 g/mol. The van der Waals surface area contributed by atoms with Crippen molar-refractivity contribution < 1.29 is 19.3 Å². The highest BCUT2D eigenvalue weighted by Crippen LogP contribution is 2.25. The lowest BCUT2D eigenvalue weighted by Crippen LogP contribution is -2.52. The Morgan fingerprint density at radius 2 is 1.48 bits per heavy atom. The summed E-state index contributed by atoms with van der Waals surface area (Å²) in [4.78, 5) is 4.92. The van der Waals surface area contributed by atoms with Gasteiger partial charge in [-0.15, -0.1) is 0 Å². The molecule has 0 amide bonds. The van der Waals surface area contributed by atoms with E-state index in [-0.39, 0.29) is 6.61 Å². The Hall–Kier alpha value is -2.28. The second-order valence-corrected chi connectivity index (χ2v) is 7.44. The van der Waals surface area contributed by atoms with E-state index >= 15 is 0 Å². The van der Waals surface area contributed by atoms with Crippen LogP contribution in [0.5, 0.6) is 17.2 Å². The Morgan fingerprint density at radius 1 is 0.828 bits per heavy atom. The van der Waals surface area contributed by atoms with E-state index in [9.17, 15) is 5.11 Å². The van der Waals surface area contributed by atoms with Gasteiger partial charge in [-0.2, -0.15) is 0 Å². The zero-order valence-corrected chi connectivity index (χ0v) is 17.6. The van der Waals surface area contributed by atoms with Gasteiger partial charge in [0.15, 0.2) is 0 Å². The van der Waals surface area contributed by atoms with Crippen LogP contribution in [0.25, 0.3) is 0 Å². The Kier molecular flexibility index (Phi) is 7.75. The molecule has 1 atom stereocenters. The topological polar surface area (TPSA) is 54.4 Å². The number of piperazine rings is 1. The molecule has 1 saturated heterocycles. The van der Waals surface area contributed by atoms with Crippen LogP contribution in [-0.4, -0.2) is 68.5 Å². The van der Waals surface area contributed by atoms with Crippen molar-refractivity contribution in [1.82, 2.24) is 9.80 Å². The van der Waals surface area contributed by atoms with Crippen molar-refractivity contribution in [2.45, 2.75) is 25.6 Å². The van der Waals surface area contributed by atoms with Gasteiger partial charge < -0.3 is 19.3 Å². The number of aliphatic hydroxyl groups is 1. The van der Waals surface area contributed by atoms with Gasteiger partial charge >= 0.3 is 0 Å². The summed E-state index contributed by atoms with van der Waals surface area (Å²) in [6.07, 6.45) is 0.764. The Bertz CT molecular complexity index is 744. The minimum absolute atomic E-state index is 0.193. The Morgan fingerprint density at radius 3 is 2.07 bits per heavy atom. The van der Waals surface area contributed by atoms with Crippen LogP contribution >= 0.6 is 0 Å². The van der Waals surface area contributed by atoms with Crippen molar-refractivity contribution >= 4 is 0 Å². The Labute approximate surface area is 173 Å². The lowest BCUT2D eigenvalue weighted by atomic mass is 10.1. The van der Waals surface area contributed by atoms with Crippen LogP contribution in [0.4, 0.5) is 0 Å². The van der Waals surface area contributed by atoms with Gasteiger partial charge in [-0.05, 0) is 41.8 Å². The van der Waals surface area contributed by atoms with Crippen molar-refractivity contribution in [3.8, 4) is 17.2 Å². The molecule has 0 saturated carbocycles. The summed E-state index contributed by atoms with van der Waals surface area (Å²) >= 11 is 0. The van der Waals surface area contributed by atoms with Crippen molar-refractivity contribution in [2.75, 3.05) is 47.6 Å². The molecule has 1 heterocycles. The van der Waals surface area contributed by atoms with Gasteiger partial charge in [0.2, 0.25) is 0 Å². The quantitative estimate of drug-likeness (QED) is 0.699. The van der Waals surface area contributed by atoms with Gasteiger partial charge in [-0.25, -0.2) is 0 Å². The fraction of sp³-hybridized carbons (Fsp3) is 0.478. The maximum atomic E-state index is 9.60. The molecule has 6 heteroatoms. The first-order valence-corrected chi connectivity index (χ1v) is 10.1. The van der Waals surface area contributed by atoms with Crippen molar-refractivity contribution in [3.05, 3.63) is 53.6 Å². The summed E-state index contributed by atoms with van der Waals surface area (Å²) < 4.78 is 16.1. The number of rotatable bonds is 9. The molecule has 0 radical (unpaired) electrons. The molecule has 0 unspecified atom stereocenters. The normalized spacial score (nSPS) is 17.9. The van der Waals surface area contributed by atoms with Gasteiger partial charge in [0.25, 0.3) is 0 Å². The predicted octanol–water partition coefficient (Wildman–Crippen LogP) is 2.78. The zero-order valence-electron chi connectivity index (χ0n) is 17.6. The second-order valence-electron chi connectivity index (χ2n) is 7.44. The molecule has 0 spiro atoms. The minimum Gasteiger partial charge on any atom is -0.497 e. The Balaban J connectivity index is 1.65. The van der Waals surface area contributed by atoms with Gasteiger partial charge in [-0.3, -0.25) is 9.80 Å². The monoisotopic (exact) mass is 400 g/mol. The minimum atomic E-state index is 0.193. The highest BCUT2D eigenvalue weighted by atomic mass is 16.5. The van der Waals surface area contributed by atoms with Crippen LogP contribution in [0, 0.1) is 0 Å². The standard InChI is InChI=1S/C23H32N2O4/c1-27-21-6-4-18(5-7-21)15-24-9-10-25(20(17-24)8-11-26)16-19-12-22(28-2)14-23(13-19)29-3/h4-7,12-14,20,26H,8-11,15-17H2,1-3H3/t20-/m1/s1. The molecule has 1 fully saturated rings. The fourth-order valence-electron chi connectivity index (χ4n) is 3.91. The number of methoxy groups -OCH3 is 3. The molecule has 29 heavy (non-hydrogen) atoms. The van der Waals surface area contributed by atoms with Crippen LogP contribution in [0.3, 0.4) is 0 Å². The van der Waals surface area contributed by atoms with Crippen LogP contribution in [0.15, 0.2) is 42.5 Å². The molecule has 2 aromatic carbocycles. The number of aliphatic hydroxyl groups excluding tert-OH is 1. The molecule has 0 aliphatic carbocycles. The van der Waals surface area contributed by atoms with E-state index in [1.54, 1.807) is 21.3 Å². The smallest absolute Gasteiger partial charge is 0.122 e. The third-order valence-electron chi connectivity index (χ3n) is 5.51. The molecule has 3 rings (SSSR count). The molecule has 6 nitrogen and oxygen atoms in total. The maximum Gasteiger partial charge on any atom is 0.122 e. The second kappa shape index (κ2) is 10.5. The van der Waals surface area contributed by atoms with Gasteiger partial charge in [0.05, 0.1) is 21.3 Å².